The molecule has 1 aromatic rings. The quantitative estimate of drug-likeness (QED) is 0.563. The maximum atomic E-state index is 12.6. The summed E-state index contributed by atoms with van der Waals surface area (Å²) < 4.78 is 6.04. The van der Waals surface area contributed by atoms with Crippen LogP contribution >= 0.6 is 0 Å². The first-order valence-electron chi connectivity index (χ1n) is 8.38. The van der Waals surface area contributed by atoms with Gasteiger partial charge in [0.25, 0.3) is 5.91 Å². The Balaban J connectivity index is 2.15. The lowest BCUT2D eigenvalue weighted by Crippen LogP contribution is -2.60. The molecule has 0 radical (unpaired) electrons. The molecule has 0 bridgehead atoms. The van der Waals surface area contributed by atoms with Crippen molar-refractivity contribution in [2.45, 2.75) is 45.8 Å². The van der Waals surface area contributed by atoms with Gasteiger partial charge in [-0.1, -0.05) is 6.07 Å². The van der Waals surface area contributed by atoms with Crippen LogP contribution in [0.3, 0.4) is 0 Å². The molecule has 1 heterocycles. The van der Waals surface area contributed by atoms with Gasteiger partial charge in [0.1, 0.15) is 11.9 Å². The minimum atomic E-state index is -1.31. The summed E-state index contributed by atoms with van der Waals surface area (Å²) >= 11 is 0. The number of aryl methyl sites for hydroxylation is 2. The van der Waals surface area contributed by atoms with E-state index in [4.69, 9.17) is 9.84 Å². The van der Waals surface area contributed by atoms with Gasteiger partial charge in [-0.3, -0.25) is 4.79 Å². The zero-order valence-electron chi connectivity index (χ0n) is 14.9. The predicted octanol–water partition coefficient (Wildman–Crippen LogP) is 0.364. The highest BCUT2D eigenvalue weighted by Crippen LogP contribution is 2.39. The van der Waals surface area contributed by atoms with Gasteiger partial charge in [0.2, 0.25) is 5.60 Å². The number of amides is 1. The number of carbonyl (C=O) groups excluding carboxylic acids is 1. The number of ether oxygens (including phenoxy) is 1. The van der Waals surface area contributed by atoms with E-state index in [1.165, 1.54) is 0 Å². The molecule has 0 aliphatic carbocycles. The van der Waals surface area contributed by atoms with Crippen molar-refractivity contribution in [2.75, 3.05) is 26.2 Å². The van der Waals surface area contributed by atoms with Gasteiger partial charge in [-0.25, -0.2) is 0 Å². The fourth-order valence-corrected chi connectivity index (χ4v) is 3.01. The van der Waals surface area contributed by atoms with Crippen molar-refractivity contribution in [2.24, 2.45) is 0 Å². The van der Waals surface area contributed by atoms with E-state index in [0.29, 0.717) is 31.8 Å². The minimum Gasteiger partial charge on any atom is -0.474 e. The molecule has 2 atom stereocenters. The molecule has 1 amide bonds. The number of rotatable bonds is 6. The molecule has 0 spiro atoms. The Morgan fingerprint density at radius 2 is 2.00 bits per heavy atom. The topological polar surface area (TPSA) is 90.8 Å². The molecule has 1 aliphatic heterocycles. The van der Waals surface area contributed by atoms with E-state index in [0.717, 1.165) is 22.3 Å². The molecule has 6 heteroatoms. The van der Waals surface area contributed by atoms with Gasteiger partial charge in [-0.15, -0.1) is 0 Å². The minimum absolute atomic E-state index is 0.0578. The van der Waals surface area contributed by atoms with E-state index in [1.54, 1.807) is 6.92 Å². The fraction of sp³-hybridized carbons (Fsp3) is 0.611. The van der Waals surface area contributed by atoms with Crippen LogP contribution in [0.1, 0.15) is 29.2 Å². The summed E-state index contributed by atoms with van der Waals surface area (Å²) in [7, 11) is 0. The average molecular weight is 336 g/mol. The van der Waals surface area contributed by atoms with E-state index in [-0.39, 0.29) is 12.5 Å². The van der Waals surface area contributed by atoms with Crippen LogP contribution in [0.4, 0.5) is 0 Å². The maximum Gasteiger partial charge on any atom is 0.266 e. The van der Waals surface area contributed by atoms with Gasteiger partial charge in [0, 0.05) is 31.6 Å². The number of carbonyl (C=O) groups is 1. The van der Waals surface area contributed by atoms with Crippen LogP contribution < -0.4 is 15.4 Å². The fourth-order valence-electron chi connectivity index (χ4n) is 3.01. The van der Waals surface area contributed by atoms with Gasteiger partial charge in [-0.05, 0) is 44.4 Å². The van der Waals surface area contributed by atoms with Gasteiger partial charge in [0.15, 0.2) is 0 Å². The van der Waals surface area contributed by atoms with E-state index >= 15 is 0 Å². The van der Waals surface area contributed by atoms with Crippen molar-refractivity contribution in [3.63, 3.8) is 0 Å². The zero-order chi connectivity index (χ0) is 17.9. The first-order valence-corrected chi connectivity index (χ1v) is 8.38. The molecule has 1 aliphatic rings. The molecule has 6 nitrogen and oxygen atoms in total. The Kier molecular flexibility index (Phi) is 5.85. The molecule has 1 aromatic carbocycles. The van der Waals surface area contributed by atoms with Gasteiger partial charge >= 0.3 is 0 Å². The van der Waals surface area contributed by atoms with Crippen molar-refractivity contribution < 1.29 is 19.7 Å². The summed E-state index contributed by atoms with van der Waals surface area (Å²) in [4.78, 5) is 12.6. The second kappa shape index (κ2) is 7.51. The molecule has 0 saturated heterocycles. The SMILES string of the molecule is Cc1cc(C)c2c(c1C)OC(C)(C(=O)NCCNCCO)C(O)C2. The third-order valence-electron chi connectivity index (χ3n) is 4.79. The van der Waals surface area contributed by atoms with E-state index < -0.39 is 11.7 Å². The number of aliphatic hydroxyl groups excluding tert-OH is 2. The van der Waals surface area contributed by atoms with Crippen molar-refractivity contribution in [3.8, 4) is 5.75 Å². The van der Waals surface area contributed by atoms with Crippen molar-refractivity contribution >= 4 is 5.91 Å². The molecule has 0 aromatic heterocycles. The summed E-state index contributed by atoms with van der Waals surface area (Å²) in [6, 6.07) is 2.08. The average Bonchev–Trinajstić information content (AvgIpc) is 2.54. The molecule has 134 valence electrons. The normalized spacial score (nSPS) is 22.7. The Labute approximate surface area is 143 Å². The van der Waals surface area contributed by atoms with E-state index in [1.807, 2.05) is 20.8 Å². The maximum absolute atomic E-state index is 12.6. The molecular formula is C18H28N2O4. The summed E-state index contributed by atoms with van der Waals surface area (Å²) in [5, 5.41) is 25.0. The van der Waals surface area contributed by atoms with Crippen LogP contribution in [0.5, 0.6) is 5.75 Å². The molecule has 24 heavy (non-hydrogen) atoms. The molecule has 2 unspecified atom stereocenters. The molecule has 0 saturated carbocycles. The molecule has 0 fully saturated rings. The number of hydrogen-bond acceptors (Lipinski definition) is 5. The standard InChI is InChI=1S/C18H28N2O4/c1-11-9-12(2)14-10-15(22)18(4,24-16(14)13(11)3)17(23)20-6-5-19-7-8-21/h9,15,19,21-22H,5-8,10H2,1-4H3,(H,20,23). The van der Waals surface area contributed by atoms with Crippen molar-refractivity contribution in [3.05, 3.63) is 28.3 Å². The third kappa shape index (κ3) is 3.55. The highest BCUT2D eigenvalue weighted by atomic mass is 16.5. The smallest absolute Gasteiger partial charge is 0.266 e. The first kappa shape index (κ1) is 18.7. The monoisotopic (exact) mass is 336 g/mol. The Hall–Kier alpha value is -1.63. The number of aliphatic hydroxyl groups is 2. The van der Waals surface area contributed by atoms with Crippen molar-refractivity contribution in [1.82, 2.24) is 10.6 Å². The summed E-state index contributed by atoms with van der Waals surface area (Å²) in [5.41, 5.74) is 2.85. The van der Waals surface area contributed by atoms with Crippen LogP contribution in [-0.2, 0) is 11.2 Å². The van der Waals surface area contributed by atoms with Gasteiger partial charge < -0.3 is 25.6 Å². The molecule has 4 N–H and O–H groups in total. The predicted molar refractivity (Wildman–Crippen MR) is 92.4 cm³/mol. The first-order chi connectivity index (χ1) is 11.3. The van der Waals surface area contributed by atoms with Crippen LogP contribution in [0.15, 0.2) is 6.07 Å². The van der Waals surface area contributed by atoms with Crippen LogP contribution in [0, 0.1) is 20.8 Å². The highest BCUT2D eigenvalue weighted by Gasteiger charge is 2.47. The number of nitrogens with one attached hydrogen (secondary N) is 2. The van der Waals surface area contributed by atoms with Gasteiger partial charge in [0.05, 0.1) is 6.61 Å². The van der Waals surface area contributed by atoms with Crippen molar-refractivity contribution in [1.29, 1.82) is 0 Å². The summed E-state index contributed by atoms with van der Waals surface area (Å²) in [5.74, 6) is 0.388. The number of fused-ring (bicyclic) bond motifs is 1. The summed E-state index contributed by atoms with van der Waals surface area (Å²) in [6.07, 6.45) is -0.509. The van der Waals surface area contributed by atoms with Crippen LogP contribution in [-0.4, -0.2) is 54.1 Å². The lowest BCUT2D eigenvalue weighted by atomic mass is 9.85. The summed E-state index contributed by atoms with van der Waals surface area (Å²) in [6.45, 7) is 9.12. The lowest BCUT2D eigenvalue weighted by Gasteiger charge is -2.40. The number of benzene rings is 1. The molecule has 2 rings (SSSR count). The molecular weight excluding hydrogens is 308 g/mol. The van der Waals surface area contributed by atoms with Crippen LogP contribution in [0.25, 0.3) is 0 Å². The second-order valence-corrected chi connectivity index (χ2v) is 6.60. The second-order valence-electron chi connectivity index (χ2n) is 6.60. The largest absolute Gasteiger partial charge is 0.474 e. The van der Waals surface area contributed by atoms with E-state index in [2.05, 4.69) is 16.7 Å². The Bertz CT molecular complexity index is 618. The zero-order valence-corrected chi connectivity index (χ0v) is 14.9. The lowest BCUT2D eigenvalue weighted by molar-refractivity contribution is -0.147. The third-order valence-corrected chi connectivity index (χ3v) is 4.79. The van der Waals surface area contributed by atoms with Crippen LogP contribution in [0.2, 0.25) is 0 Å². The highest BCUT2D eigenvalue weighted by molar-refractivity contribution is 5.86. The van der Waals surface area contributed by atoms with Gasteiger partial charge in [-0.2, -0.15) is 0 Å². The van der Waals surface area contributed by atoms with E-state index in [9.17, 15) is 9.90 Å². The number of hydrogen-bond donors (Lipinski definition) is 4. The Morgan fingerprint density at radius 3 is 2.67 bits per heavy atom. The Morgan fingerprint density at radius 1 is 1.29 bits per heavy atom.